The lowest BCUT2D eigenvalue weighted by atomic mass is 9.90. The molecule has 0 spiro atoms. The second-order valence-electron chi connectivity index (χ2n) is 4.73. The van der Waals surface area contributed by atoms with Gasteiger partial charge in [0.25, 0.3) is 0 Å². The van der Waals surface area contributed by atoms with Crippen molar-refractivity contribution in [2.24, 2.45) is 11.7 Å². The van der Waals surface area contributed by atoms with E-state index < -0.39 is 0 Å². The number of thiophene rings is 1. The molecule has 2 nitrogen and oxygen atoms in total. The maximum atomic E-state index is 5.99. The van der Waals surface area contributed by atoms with Gasteiger partial charge in [0.05, 0.1) is 6.61 Å². The fraction of sp³-hybridized carbons (Fsp3) is 0.692. The Labute approximate surface area is 116 Å². The molecule has 96 valence electrons. The van der Waals surface area contributed by atoms with E-state index >= 15 is 0 Å². The van der Waals surface area contributed by atoms with Crippen LogP contribution in [0, 0.1) is 5.92 Å². The molecular weight excluding hydrogens is 298 g/mol. The van der Waals surface area contributed by atoms with Crippen molar-refractivity contribution in [1.29, 1.82) is 0 Å². The second kappa shape index (κ2) is 6.88. The Kier molecular flexibility index (Phi) is 5.48. The van der Waals surface area contributed by atoms with Crippen LogP contribution in [0.4, 0.5) is 0 Å². The highest BCUT2D eigenvalue weighted by atomic mass is 79.9. The van der Waals surface area contributed by atoms with Crippen LogP contribution in [0.25, 0.3) is 0 Å². The van der Waals surface area contributed by atoms with Crippen LogP contribution >= 0.6 is 27.3 Å². The molecule has 1 aromatic rings. The molecule has 0 amide bonds. The summed E-state index contributed by atoms with van der Waals surface area (Å²) in [5, 5.41) is 2.09. The fourth-order valence-corrected chi connectivity index (χ4v) is 3.88. The van der Waals surface area contributed by atoms with Crippen LogP contribution in [0.5, 0.6) is 0 Å². The Morgan fingerprint density at radius 1 is 1.41 bits per heavy atom. The van der Waals surface area contributed by atoms with Crippen molar-refractivity contribution in [3.8, 4) is 0 Å². The summed E-state index contributed by atoms with van der Waals surface area (Å²) < 4.78 is 7.12. The first-order valence-electron chi connectivity index (χ1n) is 6.35. The van der Waals surface area contributed by atoms with Gasteiger partial charge < -0.3 is 10.5 Å². The summed E-state index contributed by atoms with van der Waals surface area (Å²) in [6, 6.07) is 2.11. The maximum Gasteiger partial charge on any atom is 0.104 e. The molecule has 2 N–H and O–H groups in total. The minimum Gasteiger partial charge on any atom is -0.371 e. The van der Waals surface area contributed by atoms with Crippen molar-refractivity contribution < 1.29 is 4.74 Å². The van der Waals surface area contributed by atoms with Crippen LogP contribution in [-0.4, -0.2) is 13.2 Å². The number of ether oxygens (including phenoxy) is 1. The van der Waals surface area contributed by atoms with E-state index in [2.05, 4.69) is 27.4 Å². The van der Waals surface area contributed by atoms with Crippen molar-refractivity contribution >= 4 is 27.3 Å². The Morgan fingerprint density at radius 2 is 2.18 bits per heavy atom. The van der Waals surface area contributed by atoms with Crippen molar-refractivity contribution in [3.05, 3.63) is 20.8 Å². The molecule has 17 heavy (non-hydrogen) atoms. The van der Waals surface area contributed by atoms with E-state index in [0.717, 1.165) is 17.0 Å². The van der Waals surface area contributed by atoms with Gasteiger partial charge in [0, 0.05) is 21.3 Å². The topological polar surface area (TPSA) is 35.2 Å². The molecule has 1 aliphatic rings. The smallest absolute Gasteiger partial charge is 0.104 e. The first kappa shape index (κ1) is 13.5. The van der Waals surface area contributed by atoms with E-state index in [9.17, 15) is 0 Å². The lowest BCUT2D eigenvalue weighted by molar-refractivity contribution is 0.0265. The Balaban J connectivity index is 1.82. The lowest BCUT2D eigenvalue weighted by Gasteiger charge is -2.24. The minimum atomic E-state index is 0.0771. The summed E-state index contributed by atoms with van der Waals surface area (Å²) in [7, 11) is 0. The van der Waals surface area contributed by atoms with E-state index in [-0.39, 0.29) is 6.10 Å². The zero-order valence-corrected chi connectivity index (χ0v) is 12.4. The van der Waals surface area contributed by atoms with Crippen molar-refractivity contribution in [2.75, 3.05) is 13.2 Å². The largest absolute Gasteiger partial charge is 0.371 e. The summed E-state index contributed by atoms with van der Waals surface area (Å²) in [5.41, 5.74) is 5.80. The fourth-order valence-electron chi connectivity index (χ4n) is 2.37. The quantitative estimate of drug-likeness (QED) is 0.887. The van der Waals surface area contributed by atoms with E-state index in [1.165, 1.54) is 37.0 Å². The zero-order valence-electron chi connectivity index (χ0n) is 10.0. The summed E-state index contributed by atoms with van der Waals surface area (Å²) in [6.07, 6.45) is 6.86. The van der Waals surface area contributed by atoms with Gasteiger partial charge in [-0.1, -0.05) is 19.3 Å². The van der Waals surface area contributed by atoms with Crippen LogP contribution in [0.2, 0.25) is 0 Å². The molecule has 1 unspecified atom stereocenters. The van der Waals surface area contributed by atoms with Gasteiger partial charge in [-0.2, -0.15) is 0 Å². The number of halogens is 1. The highest BCUT2D eigenvalue weighted by molar-refractivity contribution is 9.10. The monoisotopic (exact) mass is 317 g/mol. The normalized spacial score (nSPS) is 19.4. The van der Waals surface area contributed by atoms with Gasteiger partial charge in [-0.25, -0.2) is 0 Å². The molecule has 2 rings (SSSR count). The lowest BCUT2D eigenvalue weighted by Crippen LogP contribution is -2.20. The predicted octanol–water partition coefficient (Wildman–Crippen LogP) is 4.11. The third kappa shape index (κ3) is 4.05. The van der Waals surface area contributed by atoms with Crippen LogP contribution in [0.3, 0.4) is 0 Å². The van der Waals surface area contributed by atoms with Gasteiger partial charge in [-0.05, 0) is 40.8 Å². The molecule has 1 saturated carbocycles. The molecule has 1 aromatic heterocycles. The molecule has 1 atom stereocenters. The van der Waals surface area contributed by atoms with Crippen molar-refractivity contribution in [2.45, 2.75) is 38.2 Å². The van der Waals surface area contributed by atoms with Gasteiger partial charge in [0.2, 0.25) is 0 Å². The van der Waals surface area contributed by atoms with Gasteiger partial charge in [-0.15, -0.1) is 11.3 Å². The third-order valence-electron chi connectivity index (χ3n) is 3.38. The average molecular weight is 318 g/mol. The SMILES string of the molecule is NCC(OCC1CCCCC1)c1cc(Br)cs1. The molecule has 4 heteroatoms. The van der Waals surface area contributed by atoms with E-state index in [0.29, 0.717) is 6.54 Å². The number of rotatable bonds is 5. The van der Waals surface area contributed by atoms with Crippen molar-refractivity contribution in [1.82, 2.24) is 0 Å². The van der Waals surface area contributed by atoms with Crippen LogP contribution in [0.1, 0.15) is 43.1 Å². The summed E-state index contributed by atoms with van der Waals surface area (Å²) in [4.78, 5) is 1.23. The number of hydrogen-bond acceptors (Lipinski definition) is 3. The van der Waals surface area contributed by atoms with Gasteiger partial charge >= 0.3 is 0 Å². The van der Waals surface area contributed by atoms with E-state index in [1.807, 2.05) is 0 Å². The Hall–Kier alpha value is 0.1000. The third-order valence-corrected chi connectivity index (χ3v) is 5.16. The molecule has 0 saturated heterocycles. The molecule has 0 radical (unpaired) electrons. The van der Waals surface area contributed by atoms with Crippen LogP contribution in [-0.2, 0) is 4.74 Å². The minimum absolute atomic E-state index is 0.0771. The van der Waals surface area contributed by atoms with E-state index in [4.69, 9.17) is 10.5 Å². The van der Waals surface area contributed by atoms with Gasteiger partial charge in [-0.3, -0.25) is 0 Å². The molecule has 0 aliphatic heterocycles. The summed E-state index contributed by atoms with van der Waals surface area (Å²) in [6.45, 7) is 1.44. The molecule has 0 aromatic carbocycles. The number of hydrogen-bond donors (Lipinski definition) is 1. The summed E-state index contributed by atoms with van der Waals surface area (Å²) >= 11 is 5.19. The maximum absolute atomic E-state index is 5.99. The van der Waals surface area contributed by atoms with Gasteiger partial charge in [0.1, 0.15) is 6.10 Å². The molecular formula is C13H20BrNOS. The van der Waals surface area contributed by atoms with E-state index in [1.54, 1.807) is 11.3 Å². The molecule has 0 bridgehead atoms. The predicted molar refractivity (Wildman–Crippen MR) is 76.3 cm³/mol. The molecule has 1 fully saturated rings. The van der Waals surface area contributed by atoms with Crippen LogP contribution < -0.4 is 5.73 Å². The van der Waals surface area contributed by atoms with Crippen LogP contribution in [0.15, 0.2) is 15.9 Å². The number of nitrogens with two attached hydrogens (primary N) is 1. The van der Waals surface area contributed by atoms with Crippen molar-refractivity contribution in [3.63, 3.8) is 0 Å². The first-order chi connectivity index (χ1) is 8.29. The Morgan fingerprint density at radius 3 is 2.76 bits per heavy atom. The van der Waals surface area contributed by atoms with Gasteiger partial charge in [0.15, 0.2) is 0 Å². The highest BCUT2D eigenvalue weighted by Crippen LogP contribution is 2.29. The zero-order chi connectivity index (χ0) is 12.1. The molecule has 1 aliphatic carbocycles. The Bertz CT molecular complexity index is 336. The standard InChI is InChI=1S/C13H20BrNOS/c14-11-6-13(17-9-11)12(7-15)16-8-10-4-2-1-3-5-10/h6,9-10,12H,1-5,7-8,15H2. The molecule has 1 heterocycles. The first-order valence-corrected chi connectivity index (χ1v) is 8.02. The summed E-state index contributed by atoms with van der Waals surface area (Å²) in [5.74, 6) is 0.751. The highest BCUT2D eigenvalue weighted by Gasteiger charge is 2.17. The second-order valence-corrected chi connectivity index (χ2v) is 6.59. The average Bonchev–Trinajstić information content (AvgIpc) is 2.78.